The first kappa shape index (κ1) is 10.1. The van der Waals surface area contributed by atoms with Gasteiger partial charge in [-0.25, -0.2) is 4.79 Å². The van der Waals surface area contributed by atoms with Gasteiger partial charge in [0, 0.05) is 6.92 Å². The van der Waals surface area contributed by atoms with Crippen LogP contribution in [0.2, 0.25) is 0 Å². The maximum Gasteiger partial charge on any atom is 1.00 e. The van der Waals surface area contributed by atoms with Crippen molar-refractivity contribution < 1.29 is 67.8 Å². The molecule has 0 spiro atoms. The maximum absolute atomic E-state index is 9.34. The van der Waals surface area contributed by atoms with Gasteiger partial charge in [0.1, 0.15) is 0 Å². The zero-order valence-electron chi connectivity index (χ0n) is 4.76. The van der Waals surface area contributed by atoms with E-state index in [-0.39, 0.29) is 52.8 Å². The van der Waals surface area contributed by atoms with Crippen LogP contribution in [0.1, 0.15) is 8.35 Å². The van der Waals surface area contributed by atoms with Gasteiger partial charge >= 0.3 is 57.4 Å². The van der Waals surface area contributed by atoms with Crippen LogP contribution < -0.4 is 51.4 Å². The van der Waals surface area contributed by atoms with E-state index >= 15 is 0 Å². The molecule has 32 valence electrons. The molecule has 1 N–H and O–H groups in total. The van der Waals surface area contributed by atoms with Crippen molar-refractivity contribution >= 4 is 5.97 Å². The predicted molar refractivity (Wildman–Crippen MR) is 15.5 cm³/mol. The van der Waals surface area contributed by atoms with Crippen LogP contribution in [0.5, 0.6) is 0 Å². The minimum Gasteiger partial charge on any atom is -1.00 e. The van der Waals surface area contributed by atoms with Crippen LogP contribution in [-0.4, -0.2) is 11.2 Å². The Labute approximate surface area is 79.5 Å². The average molecular weight is 116 g/mol. The molecule has 4 heteroatoms. The zero-order valence-corrected chi connectivity index (χ0v) is 6.89. The molecule has 0 aromatic heterocycles. The maximum atomic E-state index is 9.34. The van der Waals surface area contributed by atoms with Gasteiger partial charge in [0.25, 0.3) is 0 Å². The third-order valence-corrected chi connectivity index (χ3v) is 0.129. The van der Waals surface area contributed by atoms with Gasteiger partial charge in [-0.2, -0.15) is 5.26 Å². The number of rotatable bonds is 0. The molecule has 0 unspecified atom stereocenters. The summed E-state index contributed by atoms with van der Waals surface area (Å²) in [5.41, 5.74) is 0. The molecule has 0 saturated carbocycles. The van der Waals surface area contributed by atoms with Crippen molar-refractivity contribution in [1.82, 2.24) is 0 Å². The molecule has 0 aliphatic carbocycles. The number of carbonyl (C=O) groups is 1. The Hall–Kier alpha value is 1.07. The first-order chi connectivity index (χ1) is 2.27. The molecule has 3 nitrogen and oxygen atoms in total. The Morgan fingerprint density at radius 2 is 2.17 bits per heavy atom. The zero-order chi connectivity index (χ0) is 4.28. The summed E-state index contributed by atoms with van der Waals surface area (Å²) in [5.74, 6) is -0.690. The SMILES string of the molecule is CC(=O)OO.[H-].[K+]. The van der Waals surface area contributed by atoms with Crippen LogP contribution in [0.15, 0.2) is 0 Å². The van der Waals surface area contributed by atoms with E-state index in [1.54, 1.807) is 0 Å². The largest absolute Gasteiger partial charge is 1.00 e. The van der Waals surface area contributed by atoms with E-state index in [4.69, 9.17) is 5.26 Å². The first-order valence-electron chi connectivity index (χ1n) is 1.09. The van der Waals surface area contributed by atoms with E-state index in [1.807, 2.05) is 0 Å². The molecular formula is C2H5KO3. The molecule has 0 heterocycles. The Kier molecular flexibility index (Phi) is 10.2. The molecule has 0 aromatic rings. The number of hydrogen-bond acceptors (Lipinski definition) is 3. The number of hydrogen-bond donors (Lipinski definition) is 1. The fraction of sp³-hybridized carbons (Fsp3) is 0.500. The van der Waals surface area contributed by atoms with E-state index in [1.165, 1.54) is 0 Å². The van der Waals surface area contributed by atoms with Gasteiger partial charge in [0.05, 0.1) is 0 Å². The minimum atomic E-state index is -0.690. The molecule has 0 amide bonds. The van der Waals surface area contributed by atoms with E-state index in [9.17, 15) is 4.79 Å². The monoisotopic (exact) mass is 116 g/mol. The van der Waals surface area contributed by atoms with E-state index in [0.717, 1.165) is 6.92 Å². The quantitative estimate of drug-likeness (QED) is 0.210. The van der Waals surface area contributed by atoms with Gasteiger partial charge in [0.2, 0.25) is 0 Å². The smallest absolute Gasteiger partial charge is 1.00 e. The topological polar surface area (TPSA) is 46.5 Å². The summed E-state index contributed by atoms with van der Waals surface area (Å²) in [6.07, 6.45) is 0. The second-order valence-corrected chi connectivity index (χ2v) is 0.583. The minimum absolute atomic E-state index is 0. The predicted octanol–water partition coefficient (Wildman–Crippen LogP) is -2.86. The van der Waals surface area contributed by atoms with Gasteiger partial charge in [-0.3, -0.25) is 0 Å². The van der Waals surface area contributed by atoms with Crippen molar-refractivity contribution in [3.63, 3.8) is 0 Å². The summed E-state index contributed by atoms with van der Waals surface area (Å²) in [6, 6.07) is 0. The summed E-state index contributed by atoms with van der Waals surface area (Å²) in [7, 11) is 0. The fourth-order valence-electron chi connectivity index (χ4n) is 0. The third-order valence-electron chi connectivity index (χ3n) is 0.129. The van der Waals surface area contributed by atoms with E-state index in [0.29, 0.717) is 0 Å². The molecule has 0 radical (unpaired) electrons. The van der Waals surface area contributed by atoms with Crippen LogP contribution in [0.4, 0.5) is 0 Å². The van der Waals surface area contributed by atoms with Crippen LogP contribution >= 0.6 is 0 Å². The van der Waals surface area contributed by atoms with Crippen molar-refractivity contribution in [1.29, 1.82) is 0 Å². The van der Waals surface area contributed by atoms with Crippen LogP contribution in [0.25, 0.3) is 0 Å². The summed E-state index contributed by atoms with van der Waals surface area (Å²) in [5, 5.41) is 7.29. The summed E-state index contributed by atoms with van der Waals surface area (Å²) < 4.78 is 0. The molecule has 0 atom stereocenters. The molecule has 0 aliphatic heterocycles. The Bertz CT molecular complexity index is 48.2. The van der Waals surface area contributed by atoms with Gasteiger partial charge in [0.15, 0.2) is 0 Å². The van der Waals surface area contributed by atoms with Crippen LogP contribution in [0, 0.1) is 0 Å². The number of carbonyl (C=O) groups excluding carboxylic acids is 1. The fourth-order valence-corrected chi connectivity index (χ4v) is 0. The Morgan fingerprint density at radius 3 is 2.17 bits per heavy atom. The summed E-state index contributed by atoms with van der Waals surface area (Å²) in [4.78, 5) is 12.5. The molecule has 0 aliphatic rings. The van der Waals surface area contributed by atoms with Crippen LogP contribution in [0.3, 0.4) is 0 Å². The second-order valence-electron chi connectivity index (χ2n) is 0.583. The van der Waals surface area contributed by atoms with Crippen molar-refractivity contribution in [2.45, 2.75) is 6.92 Å². The molecule has 0 saturated heterocycles. The second kappa shape index (κ2) is 6.07. The molecule has 0 rings (SSSR count). The standard InChI is InChI=1S/C2H4O3.K.H/c1-2(3)5-4;;/h4H,1H3;;/q;+1;-1. The first-order valence-corrected chi connectivity index (χ1v) is 1.09. The van der Waals surface area contributed by atoms with Gasteiger partial charge in [-0.05, 0) is 0 Å². The van der Waals surface area contributed by atoms with Crippen molar-refractivity contribution in [3.05, 3.63) is 0 Å². The van der Waals surface area contributed by atoms with Gasteiger partial charge in [-0.1, -0.05) is 0 Å². The summed E-state index contributed by atoms with van der Waals surface area (Å²) >= 11 is 0. The Balaban J connectivity index is -0.0000000800. The third kappa shape index (κ3) is 8.91. The van der Waals surface area contributed by atoms with Gasteiger partial charge < -0.3 is 6.31 Å². The van der Waals surface area contributed by atoms with Gasteiger partial charge in [-0.15, -0.1) is 0 Å². The van der Waals surface area contributed by atoms with Crippen molar-refractivity contribution in [2.75, 3.05) is 0 Å². The van der Waals surface area contributed by atoms with Crippen molar-refractivity contribution in [3.8, 4) is 0 Å². The Morgan fingerprint density at radius 1 is 2.00 bits per heavy atom. The van der Waals surface area contributed by atoms with E-state index in [2.05, 4.69) is 4.89 Å². The van der Waals surface area contributed by atoms with Crippen LogP contribution in [-0.2, 0) is 9.68 Å². The van der Waals surface area contributed by atoms with Crippen molar-refractivity contribution in [2.24, 2.45) is 0 Å². The molecular weight excluding hydrogens is 111 g/mol. The average Bonchev–Trinajstić information content (AvgIpc) is 1.38. The molecule has 6 heavy (non-hydrogen) atoms. The molecule has 0 aromatic carbocycles. The molecule has 0 bridgehead atoms. The summed E-state index contributed by atoms with van der Waals surface area (Å²) in [6.45, 7) is 1.11. The molecule has 0 fully saturated rings. The van der Waals surface area contributed by atoms with E-state index < -0.39 is 5.97 Å². The normalized spacial score (nSPS) is 5.67.